The van der Waals surface area contributed by atoms with E-state index in [0.717, 1.165) is 6.42 Å². The van der Waals surface area contributed by atoms with Gasteiger partial charge in [0.05, 0.1) is 18.7 Å². The Morgan fingerprint density at radius 1 is 1.22 bits per heavy atom. The van der Waals surface area contributed by atoms with Gasteiger partial charge in [0.15, 0.2) is 0 Å². The van der Waals surface area contributed by atoms with E-state index >= 15 is 0 Å². The summed E-state index contributed by atoms with van der Waals surface area (Å²) in [5.41, 5.74) is 0. The van der Waals surface area contributed by atoms with Gasteiger partial charge in [-0.25, -0.2) is 0 Å². The standard InChI is InChI=1S/C13H22N4O6/c1-7(18)11(17-12(22)8-3-2-4-14-8)13(23)16-5-9(19)15-6-10(20)21/h7-8,11,14,18H,2-6H2,1H3,(H,15,19)(H,16,23)(H,17,22)(H,20,21). The molecule has 0 saturated carbocycles. The Kier molecular flexibility index (Phi) is 7.42. The number of aliphatic hydroxyl groups excluding tert-OH is 1. The van der Waals surface area contributed by atoms with Crippen LogP contribution < -0.4 is 21.3 Å². The summed E-state index contributed by atoms with van der Waals surface area (Å²) in [4.78, 5) is 45.6. The molecule has 3 amide bonds. The minimum Gasteiger partial charge on any atom is -0.480 e. The molecule has 23 heavy (non-hydrogen) atoms. The predicted octanol–water partition coefficient (Wildman–Crippen LogP) is -3.08. The van der Waals surface area contributed by atoms with E-state index in [9.17, 15) is 24.3 Å². The molecule has 0 aliphatic carbocycles. The van der Waals surface area contributed by atoms with Crippen molar-refractivity contribution >= 4 is 23.7 Å². The molecule has 1 saturated heterocycles. The quantitative estimate of drug-likeness (QED) is 0.275. The topological polar surface area (TPSA) is 157 Å². The van der Waals surface area contributed by atoms with Gasteiger partial charge in [0, 0.05) is 0 Å². The molecule has 3 atom stereocenters. The van der Waals surface area contributed by atoms with Crippen molar-refractivity contribution in [1.82, 2.24) is 21.3 Å². The number of amides is 3. The van der Waals surface area contributed by atoms with Crippen molar-refractivity contribution in [2.45, 2.75) is 38.0 Å². The van der Waals surface area contributed by atoms with Gasteiger partial charge in [-0.15, -0.1) is 0 Å². The van der Waals surface area contributed by atoms with Crippen LogP contribution in [0.4, 0.5) is 0 Å². The maximum atomic E-state index is 12.0. The summed E-state index contributed by atoms with van der Waals surface area (Å²) in [6.45, 7) is 1.05. The molecule has 0 aromatic carbocycles. The zero-order valence-corrected chi connectivity index (χ0v) is 12.8. The van der Waals surface area contributed by atoms with Crippen LogP contribution in [-0.4, -0.2) is 71.7 Å². The average molecular weight is 330 g/mol. The Balaban J connectivity index is 2.46. The fraction of sp³-hybridized carbons (Fsp3) is 0.692. The normalized spacial score (nSPS) is 19.5. The number of carboxylic acid groups (broad SMARTS) is 1. The first-order valence-corrected chi connectivity index (χ1v) is 7.29. The van der Waals surface area contributed by atoms with Crippen LogP contribution in [0.25, 0.3) is 0 Å². The number of carbonyl (C=O) groups excluding carboxylic acids is 3. The van der Waals surface area contributed by atoms with Gasteiger partial charge < -0.3 is 31.5 Å². The summed E-state index contributed by atoms with van der Waals surface area (Å²) in [6, 6.07) is -1.60. The van der Waals surface area contributed by atoms with E-state index in [-0.39, 0.29) is 5.91 Å². The van der Waals surface area contributed by atoms with Gasteiger partial charge in [-0.2, -0.15) is 0 Å². The molecule has 0 radical (unpaired) electrons. The summed E-state index contributed by atoms with van der Waals surface area (Å²) in [6.07, 6.45) is 0.354. The van der Waals surface area contributed by atoms with Crippen LogP contribution in [0.2, 0.25) is 0 Å². The molecule has 0 spiro atoms. The summed E-state index contributed by atoms with van der Waals surface area (Å²) < 4.78 is 0. The molecular weight excluding hydrogens is 308 g/mol. The van der Waals surface area contributed by atoms with Crippen molar-refractivity contribution in [3.63, 3.8) is 0 Å². The third-order valence-electron chi connectivity index (χ3n) is 3.30. The Labute approximate surface area is 133 Å². The maximum absolute atomic E-state index is 12.0. The van der Waals surface area contributed by atoms with Crippen molar-refractivity contribution < 1.29 is 29.4 Å². The van der Waals surface area contributed by atoms with E-state index in [4.69, 9.17) is 5.11 Å². The van der Waals surface area contributed by atoms with Crippen molar-refractivity contribution in [3.8, 4) is 0 Å². The van der Waals surface area contributed by atoms with E-state index in [0.29, 0.717) is 13.0 Å². The predicted molar refractivity (Wildman–Crippen MR) is 78.3 cm³/mol. The van der Waals surface area contributed by atoms with E-state index < -0.39 is 49.1 Å². The molecule has 1 rings (SSSR count). The number of aliphatic carboxylic acids is 1. The molecule has 0 bridgehead atoms. The molecule has 6 N–H and O–H groups in total. The van der Waals surface area contributed by atoms with Crippen molar-refractivity contribution in [1.29, 1.82) is 0 Å². The van der Waals surface area contributed by atoms with Gasteiger partial charge >= 0.3 is 5.97 Å². The number of nitrogens with one attached hydrogen (secondary N) is 4. The SMILES string of the molecule is CC(O)C(NC(=O)C1CCCN1)C(=O)NCC(=O)NCC(=O)O. The highest BCUT2D eigenvalue weighted by molar-refractivity contribution is 5.92. The lowest BCUT2D eigenvalue weighted by atomic mass is 10.1. The first-order valence-electron chi connectivity index (χ1n) is 7.29. The van der Waals surface area contributed by atoms with Crippen molar-refractivity contribution in [3.05, 3.63) is 0 Å². The van der Waals surface area contributed by atoms with Gasteiger partial charge in [-0.1, -0.05) is 0 Å². The lowest BCUT2D eigenvalue weighted by molar-refractivity contribution is -0.138. The Hall–Kier alpha value is -2.20. The van der Waals surface area contributed by atoms with Crippen molar-refractivity contribution in [2.75, 3.05) is 19.6 Å². The second-order valence-electron chi connectivity index (χ2n) is 5.26. The Bertz CT molecular complexity index is 461. The number of hydrogen-bond acceptors (Lipinski definition) is 6. The van der Waals surface area contributed by atoms with Gasteiger partial charge in [-0.05, 0) is 26.3 Å². The molecule has 1 aliphatic heterocycles. The lowest BCUT2D eigenvalue weighted by Crippen LogP contribution is -2.56. The summed E-state index contributed by atoms with van der Waals surface area (Å²) in [5.74, 6) is -3.01. The fourth-order valence-electron chi connectivity index (χ4n) is 2.08. The number of carbonyl (C=O) groups is 4. The number of hydrogen-bond donors (Lipinski definition) is 6. The third-order valence-corrected chi connectivity index (χ3v) is 3.30. The van der Waals surface area contributed by atoms with Crippen LogP contribution >= 0.6 is 0 Å². The number of carboxylic acids is 1. The molecule has 3 unspecified atom stereocenters. The first kappa shape index (κ1) is 18.8. The minimum atomic E-state index is -1.21. The number of rotatable bonds is 8. The van der Waals surface area contributed by atoms with E-state index in [1.54, 1.807) is 0 Å². The molecule has 0 aromatic rings. The highest BCUT2D eigenvalue weighted by Gasteiger charge is 2.30. The van der Waals surface area contributed by atoms with Crippen LogP contribution in [-0.2, 0) is 19.2 Å². The minimum absolute atomic E-state index is 0.390. The van der Waals surface area contributed by atoms with Gasteiger partial charge in [0.1, 0.15) is 12.6 Å². The van der Waals surface area contributed by atoms with Crippen LogP contribution in [0.3, 0.4) is 0 Å². The molecule has 130 valence electrons. The van der Waals surface area contributed by atoms with Gasteiger partial charge in [0.25, 0.3) is 0 Å². The highest BCUT2D eigenvalue weighted by atomic mass is 16.4. The van der Waals surface area contributed by atoms with Gasteiger partial charge in [-0.3, -0.25) is 19.2 Å². The highest BCUT2D eigenvalue weighted by Crippen LogP contribution is 2.05. The van der Waals surface area contributed by atoms with Gasteiger partial charge in [0.2, 0.25) is 17.7 Å². The molecule has 0 aromatic heterocycles. The average Bonchev–Trinajstić information content (AvgIpc) is 3.01. The molecule has 1 fully saturated rings. The first-order chi connectivity index (χ1) is 10.8. The molecule has 1 aliphatic rings. The summed E-state index contributed by atoms with van der Waals surface area (Å²) in [5, 5.41) is 27.8. The molecule has 10 nitrogen and oxygen atoms in total. The van der Waals surface area contributed by atoms with Crippen LogP contribution in [0, 0.1) is 0 Å². The second kappa shape index (κ2) is 9.06. The lowest BCUT2D eigenvalue weighted by Gasteiger charge is -2.22. The van der Waals surface area contributed by atoms with Crippen molar-refractivity contribution in [2.24, 2.45) is 0 Å². The molecule has 10 heteroatoms. The zero-order valence-electron chi connectivity index (χ0n) is 12.8. The zero-order chi connectivity index (χ0) is 17.4. The summed E-state index contributed by atoms with van der Waals surface area (Å²) in [7, 11) is 0. The van der Waals surface area contributed by atoms with E-state index in [1.165, 1.54) is 6.92 Å². The van der Waals surface area contributed by atoms with Crippen LogP contribution in [0.1, 0.15) is 19.8 Å². The van der Waals surface area contributed by atoms with E-state index in [1.807, 2.05) is 0 Å². The fourth-order valence-corrected chi connectivity index (χ4v) is 2.08. The Morgan fingerprint density at radius 2 is 1.91 bits per heavy atom. The molecular formula is C13H22N4O6. The largest absolute Gasteiger partial charge is 0.480 e. The Morgan fingerprint density at radius 3 is 2.43 bits per heavy atom. The van der Waals surface area contributed by atoms with Crippen LogP contribution in [0.5, 0.6) is 0 Å². The third kappa shape index (κ3) is 6.61. The number of aliphatic hydroxyl groups is 1. The monoisotopic (exact) mass is 330 g/mol. The smallest absolute Gasteiger partial charge is 0.322 e. The second-order valence-corrected chi connectivity index (χ2v) is 5.26. The summed E-state index contributed by atoms with van der Waals surface area (Å²) >= 11 is 0. The van der Waals surface area contributed by atoms with E-state index in [2.05, 4.69) is 21.3 Å². The maximum Gasteiger partial charge on any atom is 0.322 e. The van der Waals surface area contributed by atoms with Crippen LogP contribution in [0.15, 0.2) is 0 Å². The molecule has 1 heterocycles.